The molecule has 1 aromatic heterocycles. The summed E-state index contributed by atoms with van der Waals surface area (Å²) in [5.41, 5.74) is 1.14. The summed E-state index contributed by atoms with van der Waals surface area (Å²) >= 11 is 0. The van der Waals surface area contributed by atoms with Crippen molar-refractivity contribution in [2.24, 2.45) is 0 Å². The Morgan fingerprint density at radius 1 is 1.16 bits per heavy atom. The minimum atomic E-state index is -0.863. The Balaban J connectivity index is 1.77. The predicted octanol–water partition coefficient (Wildman–Crippen LogP) is 3.45. The van der Waals surface area contributed by atoms with E-state index in [0.717, 1.165) is 11.3 Å². The van der Waals surface area contributed by atoms with Gasteiger partial charge < -0.3 is 14.5 Å². The summed E-state index contributed by atoms with van der Waals surface area (Å²) in [6.07, 6.45) is 1.89. The highest BCUT2D eigenvalue weighted by Crippen LogP contribution is 2.13. The average molecular weight is 341 g/mol. The normalized spacial score (nSPS) is 13.4. The van der Waals surface area contributed by atoms with Crippen LogP contribution in [0, 0.1) is 6.92 Å². The minimum Gasteiger partial charge on any atom is -0.462 e. The summed E-state index contributed by atoms with van der Waals surface area (Å²) < 4.78 is 10.4. The van der Waals surface area contributed by atoms with Crippen molar-refractivity contribution in [1.29, 1.82) is 0 Å². The molecule has 2 aromatic rings. The molecule has 1 amide bonds. The third-order valence-corrected chi connectivity index (χ3v) is 3.76. The summed E-state index contributed by atoms with van der Waals surface area (Å²) in [6, 6.07) is 13.5. The first-order valence-electron chi connectivity index (χ1n) is 8.23. The number of carbonyl (C=O) groups excluding carboxylic acids is 2. The van der Waals surface area contributed by atoms with Crippen molar-refractivity contribution in [3.8, 4) is 0 Å². The zero-order chi connectivity index (χ0) is 18.2. The number of furan rings is 1. The Labute approximate surface area is 147 Å². The van der Waals surface area contributed by atoms with Crippen molar-refractivity contribution in [1.82, 2.24) is 5.32 Å². The summed E-state index contributed by atoms with van der Waals surface area (Å²) in [5, 5.41) is 2.80. The smallest absolute Gasteiger partial charge is 0.331 e. The van der Waals surface area contributed by atoms with Gasteiger partial charge in [0.05, 0.1) is 0 Å². The third kappa shape index (κ3) is 5.95. The number of amides is 1. The Bertz CT molecular complexity index is 733. The van der Waals surface area contributed by atoms with Gasteiger partial charge in [-0.15, -0.1) is 0 Å². The molecule has 25 heavy (non-hydrogen) atoms. The molecule has 2 atom stereocenters. The van der Waals surface area contributed by atoms with E-state index in [0.29, 0.717) is 12.3 Å². The summed E-state index contributed by atoms with van der Waals surface area (Å²) in [7, 11) is 0. The second-order valence-electron chi connectivity index (χ2n) is 5.92. The lowest BCUT2D eigenvalue weighted by atomic mass is 10.0. The van der Waals surface area contributed by atoms with Crippen LogP contribution in [-0.4, -0.2) is 24.5 Å². The molecule has 0 aliphatic carbocycles. The molecular formula is C20H23NO4. The van der Waals surface area contributed by atoms with E-state index in [1.165, 1.54) is 12.2 Å². The molecule has 1 aromatic carbocycles. The fourth-order valence-corrected chi connectivity index (χ4v) is 2.26. The lowest BCUT2D eigenvalue weighted by molar-refractivity contribution is -0.150. The Morgan fingerprint density at radius 2 is 1.88 bits per heavy atom. The van der Waals surface area contributed by atoms with Crippen LogP contribution in [0.1, 0.15) is 36.8 Å². The molecule has 0 bridgehead atoms. The highest BCUT2D eigenvalue weighted by atomic mass is 16.5. The number of benzene rings is 1. The third-order valence-electron chi connectivity index (χ3n) is 3.76. The van der Waals surface area contributed by atoms with Crippen LogP contribution in [0.3, 0.4) is 0 Å². The lowest BCUT2D eigenvalue weighted by Gasteiger charge is -2.16. The molecule has 0 saturated heterocycles. The van der Waals surface area contributed by atoms with Crippen LogP contribution in [0.2, 0.25) is 0 Å². The van der Waals surface area contributed by atoms with Crippen molar-refractivity contribution in [3.63, 3.8) is 0 Å². The molecule has 0 fully saturated rings. The van der Waals surface area contributed by atoms with Crippen LogP contribution in [0.15, 0.2) is 53.0 Å². The maximum Gasteiger partial charge on any atom is 0.331 e. The van der Waals surface area contributed by atoms with Gasteiger partial charge in [-0.05, 0) is 43.5 Å². The predicted molar refractivity (Wildman–Crippen MR) is 95.9 cm³/mol. The molecule has 5 heteroatoms. The largest absolute Gasteiger partial charge is 0.462 e. The molecule has 0 radical (unpaired) electrons. The number of hydrogen-bond acceptors (Lipinski definition) is 4. The van der Waals surface area contributed by atoms with E-state index >= 15 is 0 Å². The molecular weight excluding hydrogens is 318 g/mol. The van der Waals surface area contributed by atoms with E-state index in [4.69, 9.17) is 9.15 Å². The lowest BCUT2D eigenvalue weighted by Crippen LogP contribution is -2.37. The van der Waals surface area contributed by atoms with Gasteiger partial charge in [-0.3, -0.25) is 4.79 Å². The molecule has 0 aliphatic heterocycles. The first-order chi connectivity index (χ1) is 12.0. The van der Waals surface area contributed by atoms with Crippen molar-refractivity contribution in [3.05, 3.63) is 65.6 Å². The van der Waals surface area contributed by atoms with Gasteiger partial charge in [-0.2, -0.15) is 0 Å². The topological polar surface area (TPSA) is 68.5 Å². The maximum atomic E-state index is 12.1. The second-order valence-corrected chi connectivity index (χ2v) is 5.92. The molecule has 5 nitrogen and oxygen atoms in total. The highest BCUT2D eigenvalue weighted by Gasteiger charge is 2.17. The van der Waals surface area contributed by atoms with E-state index < -0.39 is 12.1 Å². The van der Waals surface area contributed by atoms with Crippen LogP contribution in [-0.2, 0) is 14.3 Å². The van der Waals surface area contributed by atoms with Gasteiger partial charge in [0.15, 0.2) is 6.10 Å². The van der Waals surface area contributed by atoms with Gasteiger partial charge in [0, 0.05) is 12.6 Å². The van der Waals surface area contributed by atoms with Gasteiger partial charge in [-0.25, -0.2) is 4.79 Å². The van der Waals surface area contributed by atoms with Crippen molar-refractivity contribution >= 4 is 18.0 Å². The fraction of sp³-hybridized carbons (Fsp3) is 0.300. The molecule has 2 rings (SSSR count). The van der Waals surface area contributed by atoms with Gasteiger partial charge in [0.1, 0.15) is 11.5 Å². The maximum absolute atomic E-state index is 12.1. The first kappa shape index (κ1) is 18.5. The number of esters is 1. The Kier molecular flexibility index (Phi) is 6.57. The van der Waals surface area contributed by atoms with Gasteiger partial charge in [0.25, 0.3) is 5.91 Å². The molecule has 0 spiro atoms. The summed E-state index contributed by atoms with van der Waals surface area (Å²) in [4.78, 5) is 23.8. The van der Waals surface area contributed by atoms with Crippen LogP contribution in [0.5, 0.6) is 0 Å². The molecule has 132 valence electrons. The zero-order valence-corrected chi connectivity index (χ0v) is 14.7. The van der Waals surface area contributed by atoms with Crippen molar-refractivity contribution in [2.75, 3.05) is 6.54 Å². The standard InChI is InChI=1S/C20H23NO4/c1-14(17-7-5-4-6-8-17)13-21-20(23)16(3)25-19(22)12-11-18-10-9-15(2)24-18/h4-12,14,16H,13H2,1-3H3,(H,21,23)/b12-11+. The zero-order valence-electron chi connectivity index (χ0n) is 14.7. The fourth-order valence-electron chi connectivity index (χ4n) is 2.26. The van der Waals surface area contributed by atoms with E-state index in [1.807, 2.05) is 44.2 Å². The van der Waals surface area contributed by atoms with Crippen molar-refractivity contribution < 1.29 is 18.7 Å². The van der Waals surface area contributed by atoms with Gasteiger partial charge in [-0.1, -0.05) is 37.3 Å². The van der Waals surface area contributed by atoms with E-state index in [-0.39, 0.29) is 11.8 Å². The number of carbonyl (C=O) groups is 2. The number of hydrogen-bond donors (Lipinski definition) is 1. The van der Waals surface area contributed by atoms with E-state index in [2.05, 4.69) is 5.32 Å². The average Bonchev–Trinajstić information content (AvgIpc) is 3.03. The molecule has 1 heterocycles. The summed E-state index contributed by atoms with van der Waals surface area (Å²) in [5.74, 6) is 0.581. The van der Waals surface area contributed by atoms with Crippen LogP contribution >= 0.6 is 0 Å². The SMILES string of the molecule is Cc1ccc(/C=C/C(=O)OC(C)C(=O)NCC(C)c2ccccc2)o1. The van der Waals surface area contributed by atoms with E-state index in [1.54, 1.807) is 19.1 Å². The molecule has 1 N–H and O–H groups in total. The molecule has 0 saturated carbocycles. The number of nitrogens with one attached hydrogen (secondary N) is 1. The van der Waals surface area contributed by atoms with Crippen LogP contribution in [0.25, 0.3) is 6.08 Å². The monoisotopic (exact) mass is 341 g/mol. The van der Waals surface area contributed by atoms with Gasteiger partial charge in [0.2, 0.25) is 0 Å². The van der Waals surface area contributed by atoms with Crippen LogP contribution < -0.4 is 5.32 Å². The van der Waals surface area contributed by atoms with E-state index in [9.17, 15) is 9.59 Å². The Morgan fingerprint density at radius 3 is 2.52 bits per heavy atom. The molecule has 2 unspecified atom stereocenters. The highest BCUT2D eigenvalue weighted by molar-refractivity contribution is 5.90. The first-order valence-corrected chi connectivity index (χ1v) is 8.23. The second kappa shape index (κ2) is 8.87. The quantitative estimate of drug-likeness (QED) is 0.619. The number of rotatable bonds is 7. The number of ether oxygens (including phenoxy) is 1. The van der Waals surface area contributed by atoms with Gasteiger partial charge >= 0.3 is 5.97 Å². The number of aryl methyl sites for hydroxylation is 1. The Hall–Kier alpha value is -2.82. The van der Waals surface area contributed by atoms with Crippen LogP contribution in [0.4, 0.5) is 0 Å². The molecule has 0 aliphatic rings. The summed E-state index contributed by atoms with van der Waals surface area (Å²) in [6.45, 7) is 5.87. The van der Waals surface area contributed by atoms with Crippen molar-refractivity contribution in [2.45, 2.75) is 32.8 Å². The minimum absolute atomic E-state index is 0.176.